The summed E-state index contributed by atoms with van der Waals surface area (Å²) in [5.74, 6) is 0.368. The highest BCUT2D eigenvalue weighted by Gasteiger charge is 2.18. The number of para-hydroxylation sites is 1. The maximum Gasteiger partial charge on any atom is 0.327 e. The molecular weight excluding hydrogens is 234 g/mol. The van der Waals surface area contributed by atoms with E-state index in [0.29, 0.717) is 17.8 Å². The van der Waals surface area contributed by atoms with Crippen LogP contribution >= 0.6 is 0 Å². The van der Waals surface area contributed by atoms with Gasteiger partial charge in [-0.3, -0.25) is 0 Å². The Balaban J connectivity index is 2.99. The minimum absolute atomic E-state index is 0.0531. The standard InChI is InChI=1S/C12H15N3O3/c1-10(14-18-2)15(12(17)13-8-9-16)11-6-4-3-5-7-11/h3-7,9H,8H2,1-2H3,(H,13,17)/b14-10+. The van der Waals surface area contributed by atoms with Gasteiger partial charge in [0.15, 0.2) is 5.84 Å². The summed E-state index contributed by atoms with van der Waals surface area (Å²) in [5, 5.41) is 6.18. The van der Waals surface area contributed by atoms with E-state index in [4.69, 9.17) is 0 Å². The quantitative estimate of drug-likeness (QED) is 0.379. The number of urea groups is 1. The number of hydrogen-bond donors (Lipinski definition) is 1. The fourth-order valence-corrected chi connectivity index (χ4v) is 1.41. The highest BCUT2D eigenvalue weighted by Crippen LogP contribution is 2.14. The first-order chi connectivity index (χ1) is 8.70. The third-order valence-corrected chi connectivity index (χ3v) is 2.10. The Bertz CT molecular complexity index is 431. The van der Waals surface area contributed by atoms with Gasteiger partial charge in [-0.1, -0.05) is 23.4 Å². The van der Waals surface area contributed by atoms with Crippen LogP contribution in [0.15, 0.2) is 35.5 Å². The second-order valence-electron chi connectivity index (χ2n) is 3.34. The predicted octanol–water partition coefficient (Wildman–Crippen LogP) is 1.38. The molecule has 0 aromatic heterocycles. The summed E-state index contributed by atoms with van der Waals surface area (Å²) in [4.78, 5) is 28.2. The van der Waals surface area contributed by atoms with Crippen molar-refractivity contribution in [2.45, 2.75) is 6.92 Å². The Labute approximate surface area is 105 Å². The lowest BCUT2D eigenvalue weighted by atomic mass is 10.3. The molecule has 6 heteroatoms. The number of carbonyl (C=O) groups is 2. The number of carbonyl (C=O) groups excluding carboxylic acids is 2. The van der Waals surface area contributed by atoms with Crippen molar-refractivity contribution in [2.24, 2.45) is 5.16 Å². The molecule has 0 spiro atoms. The van der Waals surface area contributed by atoms with Gasteiger partial charge in [0.2, 0.25) is 0 Å². The van der Waals surface area contributed by atoms with Crippen LogP contribution in [-0.2, 0) is 9.63 Å². The van der Waals surface area contributed by atoms with Crippen LogP contribution in [0.4, 0.5) is 10.5 Å². The van der Waals surface area contributed by atoms with Crippen LogP contribution in [-0.4, -0.2) is 31.8 Å². The van der Waals surface area contributed by atoms with Gasteiger partial charge < -0.3 is 14.9 Å². The normalized spacial score (nSPS) is 10.7. The molecule has 1 aromatic rings. The zero-order valence-corrected chi connectivity index (χ0v) is 10.3. The predicted molar refractivity (Wildman–Crippen MR) is 68.5 cm³/mol. The summed E-state index contributed by atoms with van der Waals surface area (Å²) < 4.78 is 0. The molecule has 0 bridgehead atoms. The van der Waals surface area contributed by atoms with Crippen LogP contribution < -0.4 is 10.2 Å². The summed E-state index contributed by atoms with van der Waals surface area (Å²) in [5.41, 5.74) is 0.638. The molecule has 0 atom stereocenters. The number of aldehydes is 1. The number of amidine groups is 1. The molecule has 0 fully saturated rings. The number of nitrogens with zero attached hydrogens (tertiary/aromatic N) is 2. The molecule has 2 amide bonds. The largest absolute Gasteiger partial charge is 0.398 e. The number of oxime groups is 1. The SMILES string of the molecule is CO/N=C(\C)N(C(=O)NCC=O)c1ccccc1. The summed E-state index contributed by atoms with van der Waals surface area (Å²) in [6.45, 7) is 1.58. The molecule has 6 nitrogen and oxygen atoms in total. The zero-order valence-electron chi connectivity index (χ0n) is 10.3. The summed E-state index contributed by atoms with van der Waals surface area (Å²) in [6.07, 6.45) is 0.615. The van der Waals surface area contributed by atoms with Crippen LogP contribution in [0, 0.1) is 0 Å². The molecule has 0 unspecified atom stereocenters. The van der Waals surface area contributed by atoms with Crippen LogP contribution in [0.2, 0.25) is 0 Å². The maximum atomic E-state index is 11.9. The van der Waals surface area contributed by atoms with Crippen molar-refractivity contribution in [1.29, 1.82) is 0 Å². The maximum absolute atomic E-state index is 11.9. The van der Waals surface area contributed by atoms with Gasteiger partial charge in [-0.25, -0.2) is 9.69 Å². The Hall–Kier alpha value is -2.37. The van der Waals surface area contributed by atoms with E-state index in [-0.39, 0.29) is 6.54 Å². The van der Waals surface area contributed by atoms with E-state index in [9.17, 15) is 9.59 Å². The smallest absolute Gasteiger partial charge is 0.327 e. The Morgan fingerprint density at radius 2 is 2.11 bits per heavy atom. The van der Waals surface area contributed by atoms with Crippen molar-refractivity contribution < 1.29 is 14.4 Å². The second-order valence-corrected chi connectivity index (χ2v) is 3.34. The molecule has 0 saturated heterocycles. The summed E-state index contributed by atoms with van der Waals surface area (Å²) in [7, 11) is 1.40. The lowest BCUT2D eigenvalue weighted by Crippen LogP contribution is -2.43. The van der Waals surface area contributed by atoms with Crippen molar-refractivity contribution >= 4 is 23.8 Å². The van der Waals surface area contributed by atoms with Gasteiger partial charge in [-0.2, -0.15) is 0 Å². The Morgan fingerprint density at radius 1 is 1.44 bits per heavy atom. The van der Waals surface area contributed by atoms with Crippen molar-refractivity contribution in [3.05, 3.63) is 30.3 Å². The molecule has 1 N–H and O–H groups in total. The van der Waals surface area contributed by atoms with E-state index in [1.165, 1.54) is 12.0 Å². The molecule has 1 rings (SSSR count). The van der Waals surface area contributed by atoms with E-state index in [2.05, 4.69) is 15.3 Å². The van der Waals surface area contributed by atoms with Crippen molar-refractivity contribution in [2.75, 3.05) is 18.6 Å². The summed E-state index contributed by atoms with van der Waals surface area (Å²) >= 11 is 0. The van der Waals surface area contributed by atoms with Gasteiger partial charge in [0.25, 0.3) is 0 Å². The fourth-order valence-electron chi connectivity index (χ4n) is 1.41. The van der Waals surface area contributed by atoms with Gasteiger partial charge in [-0.05, 0) is 19.1 Å². The van der Waals surface area contributed by atoms with Gasteiger partial charge in [0.05, 0.1) is 12.2 Å². The molecule has 0 heterocycles. The lowest BCUT2D eigenvalue weighted by molar-refractivity contribution is -0.107. The zero-order chi connectivity index (χ0) is 13.4. The highest BCUT2D eigenvalue weighted by atomic mass is 16.6. The highest BCUT2D eigenvalue weighted by molar-refractivity contribution is 6.15. The van der Waals surface area contributed by atoms with E-state index in [1.807, 2.05) is 6.07 Å². The van der Waals surface area contributed by atoms with E-state index < -0.39 is 6.03 Å². The monoisotopic (exact) mass is 249 g/mol. The van der Waals surface area contributed by atoms with E-state index in [0.717, 1.165) is 0 Å². The number of hydrogen-bond acceptors (Lipinski definition) is 4. The van der Waals surface area contributed by atoms with Gasteiger partial charge in [0.1, 0.15) is 13.4 Å². The molecule has 0 aliphatic heterocycles. The number of nitrogens with one attached hydrogen (secondary N) is 1. The number of anilines is 1. The first-order valence-corrected chi connectivity index (χ1v) is 5.35. The third-order valence-electron chi connectivity index (χ3n) is 2.10. The first-order valence-electron chi connectivity index (χ1n) is 5.35. The summed E-state index contributed by atoms with van der Waals surface area (Å²) in [6, 6.07) is 8.52. The van der Waals surface area contributed by atoms with Crippen molar-refractivity contribution in [3.8, 4) is 0 Å². The molecule has 0 aliphatic carbocycles. The number of benzene rings is 1. The van der Waals surface area contributed by atoms with Crippen LogP contribution in [0.25, 0.3) is 0 Å². The van der Waals surface area contributed by atoms with Gasteiger partial charge >= 0.3 is 6.03 Å². The molecule has 96 valence electrons. The van der Waals surface area contributed by atoms with Crippen molar-refractivity contribution in [3.63, 3.8) is 0 Å². The minimum Gasteiger partial charge on any atom is -0.398 e. The average Bonchev–Trinajstić information content (AvgIpc) is 2.38. The molecule has 0 saturated carbocycles. The lowest BCUT2D eigenvalue weighted by Gasteiger charge is -2.21. The van der Waals surface area contributed by atoms with E-state index >= 15 is 0 Å². The number of rotatable bonds is 4. The van der Waals surface area contributed by atoms with Gasteiger partial charge in [0, 0.05) is 0 Å². The van der Waals surface area contributed by atoms with Crippen LogP contribution in [0.1, 0.15) is 6.92 Å². The fraction of sp³-hybridized carbons (Fsp3) is 0.250. The molecule has 0 radical (unpaired) electrons. The minimum atomic E-state index is -0.438. The number of amides is 2. The van der Waals surface area contributed by atoms with Crippen molar-refractivity contribution in [1.82, 2.24) is 5.32 Å². The first kappa shape index (κ1) is 13.7. The Morgan fingerprint density at radius 3 is 2.67 bits per heavy atom. The second kappa shape index (κ2) is 7.05. The van der Waals surface area contributed by atoms with E-state index in [1.54, 1.807) is 31.2 Å². The molecule has 18 heavy (non-hydrogen) atoms. The topological polar surface area (TPSA) is 71.0 Å². The molecule has 1 aromatic carbocycles. The van der Waals surface area contributed by atoms with Crippen LogP contribution in [0.3, 0.4) is 0 Å². The van der Waals surface area contributed by atoms with Crippen LogP contribution in [0.5, 0.6) is 0 Å². The molecular formula is C12H15N3O3. The molecule has 0 aliphatic rings. The average molecular weight is 249 g/mol. The van der Waals surface area contributed by atoms with Gasteiger partial charge in [-0.15, -0.1) is 0 Å². The third kappa shape index (κ3) is 3.58. The Kier molecular flexibility index (Phi) is 5.37.